The first-order valence-corrected chi connectivity index (χ1v) is 8.49. The average Bonchev–Trinajstić information content (AvgIpc) is 2.66. The highest BCUT2D eigenvalue weighted by molar-refractivity contribution is 5.92. The molecule has 2 N–H and O–H groups in total. The van der Waals surface area contributed by atoms with Crippen molar-refractivity contribution in [3.8, 4) is 17.6 Å². The molecule has 0 saturated heterocycles. The Kier molecular flexibility index (Phi) is 7.67. The van der Waals surface area contributed by atoms with Gasteiger partial charge in [-0.25, -0.2) is 0 Å². The lowest BCUT2D eigenvalue weighted by Gasteiger charge is -2.12. The summed E-state index contributed by atoms with van der Waals surface area (Å²) < 4.78 is 11.0. The van der Waals surface area contributed by atoms with Gasteiger partial charge in [0.05, 0.1) is 12.7 Å². The molecule has 2 amide bonds. The van der Waals surface area contributed by atoms with Crippen LogP contribution >= 0.6 is 0 Å². The Hall–Kier alpha value is -3.53. The molecular formula is C20H21N3O4. The molecule has 0 saturated carbocycles. The van der Waals surface area contributed by atoms with Gasteiger partial charge in [-0.3, -0.25) is 9.59 Å². The van der Waals surface area contributed by atoms with Gasteiger partial charge in [0.2, 0.25) is 5.91 Å². The number of carbonyl (C=O) groups excluding carboxylic acids is 2. The van der Waals surface area contributed by atoms with Crippen LogP contribution < -0.4 is 20.1 Å². The monoisotopic (exact) mass is 367 g/mol. The summed E-state index contributed by atoms with van der Waals surface area (Å²) in [6.45, 7) is 2.50. The topological polar surface area (TPSA) is 100 Å². The van der Waals surface area contributed by atoms with Gasteiger partial charge in [0.1, 0.15) is 6.42 Å². The fourth-order valence-corrected chi connectivity index (χ4v) is 2.28. The minimum atomic E-state index is -0.340. The van der Waals surface area contributed by atoms with E-state index in [0.29, 0.717) is 23.8 Å². The van der Waals surface area contributed by atoms with E-state index in [1.807, 2.05) is 19.1 Å². The Morgan fingerprint density at radius 1 is 1.04 bits per heavy atom. The predicted molar refractivity (Wildman–Crippen MR) is 100 cm³/mol. The quantitative estimate of drug-likeness (QED) is 0.710. The summed E-state index contributed by atoms with van der Waals surface area (Å²) in [5, 5.41) is 13.9. The van der Waals surface area contributed by atoms with Crippen molar-refractivity contribution >= 4 is 17.5 Å². The van der Waals surface area contributed by atoms with Gasteiger partial charge in [-0.1, -0.05) is 24.3 Å². The zero-order valence-corrected chi connectivity index (χ0v) is 15.0. The van der Waals surface area contributed by atoms with Crippen molar-refractivity contribution in [2.24, 2.45) is 0 Å². The second-order valence-electron chi connectivity index (χ2n) is 5.53. The maximum Gasteiger partial charge on any atom is 0.262 e. The predicted octanol–water partition coefficient (Wildman–Crippen LogP) is 2.63. The van der Waals surface area contributed by atoms with Crippen molar-refractivity contribution in [1.29, 1.82) is 5.26 Å². The summed E-state index contributed by atoms with van der Waals surface area (Å²) in [5.41, 5.74) is 1.40. The Bertz CT molecular complexity index is 830. The summed E-state index contributed by atoms with van der Waals surface area (Å²) in [6.07, 6.45) is -0.184. The van der Waals surface area contributed by atoms with Gasteiger partial charge in [-0.15, -0.1) is 0 Å². The van der Waals surface area contributed by atoms with E-state index in [1.165, 1.54) is 0 Å². The van der Waals surface area contributed by atoms with E-state index >= 15 is 0 Å². The number of amides is 2. The third-order valence-corrected chi connectivity index (χ3v) is 3.45. The van der Waals surface area contributed by atoms with Crippen molar-refractivity contribution in [2.45, 2.75) is 19.9 Å². The van der Waals surface area contributed by atoms with Crippen LogP contribution in [-0.4, -0.2) is 25.0 Å². The van der Waals surface area contributed by atoms with Crippen LogP contribution in [0.2, 0.25) is 0 Å². The smallest absolute Gasteiger partial charge is 0.262 e. The van der Waals surface area contributed by atoms with Gasteiger partial charge in [0.15, 0.2) is 18.1 Å². The highest BCUT2D eigenvalue weighted by Crippen LogP contribution is 2.26. The van der Waals surface area contributed by atoms with E-state index in [2.05, 4.69) is 10.6 Å². The van der Waals surface area contributed by atoms with Crippen molar-refractivity contribution in [3.05, 3.63) is 54.1 Å². The van der Waals surface area contributed by atoms with Crippen LogP contribution in [0.1, 0.15) is 18.9 Å². The van der Waals surface area contributed by atoms with E-state index < -0.39 is 0 Å². The first-order valence-electron chi connectivity index (χ1n) is 8.49. The van der Waals surface area contributed by atoms with Gasteiger partial charge in [0, 0.05) is 12.2 Å². The third kappa shape index (κ3) is 6.71. The molecule has 7 nitrogen and oxygen atoms in total. The lowest BCUT2D eigenvalue weighted by molar-refractivity contribution is -0.120. The zero-order valence-electron chi connectivity index (χ0n) is 15.0. The van der Waals surface area contributed by atoms with Crippen LogP contribution in [0.15, 0.2) is 48.5 Å². The van der Waals surface area contributed by atoms with E-state index in [9.17, 15) is 9.59 Å². The van der Waals surface area contributed by atoms with Crippen LogP contribution in [0.25, 0.3) is 0 Å². The molecule has 0 spiro atoms. The fraction of sp³-hybridized carbons (Fsp3) is 0.250. The summed E-state index contributed by atoms with van der Waals surface area (Å²) in [5.74, 6) is 0.437. The lowest BCUT2D eigenvalue weighted by atomic mass is 10.2. The number of carbonyl (C=O) groups is 2. The number of rotatable bonds is 9. The molecule has 0 aromatic heterocycles. The molecule has 0 aliphatic heterocycles. The van der Waals surface area contributed by atoms with Crippen LogP contribution in [0.3, 0.4) is 0 Å². The van der Waals surface area contributed by atoms with Crippen molar-refractivity contribution in [2.75, 3.05) is 18.5 Å². The Labute approximate surface area is 157 Å². The van der Waals surface area contributed by atoms with Gasteiger partial charge >= 0.3 is 0 Å². The van der Waals surface area contributed by atoms with Crippen LogP contribution in [0.5, 0.6) is 11.5 Å². The van der Waals surface area contributed by atoms with E-state index in [-0.39, 0.29) is 31.4 Å². The van der Waals surface area contributed by atoms with Crippen molar-refractivity contribution in [3.63, 3.8) is 0 Å². The molecule has 140 valence electrons. The number of hydrogen-bond acceptors (Lipinski definition) is 5. The van der Waals surface area contributed by atoms with Crippen LogP contribution in [-0.2, 0) is 16.1 Å². The number of ether oxygens (including phenoxy) is 2. The fourth-order valence-electron chi connectivity index (χ4n) is 2.28. The second-order valence-corrected chi connectivity index (χ2v) is 5.53. The Balaban J connectivity index is 1.88. The maximum absolute atomic E-state index is 12.1. The number of anilines is 1. The number of hydrogen-bond donors (Lipinski definition) is 2. The largest absolute Gasteiger partial charge is 0.490 e. The lowest BCUT2D eigenvalue weighted by Crippen LogP contribution is -2.22. The first kappa shape index (κ1) is 19.8. The van der Waals surface area contributed by atoms with Gasteiger partial charge in [-0.05, 0) is 36.8 Å². The number of nitrogens with zero attached hydrogens (tertiary/aromatic N) is 1. The highest BCUT2D eigenvalue weighted by atomic mass is 16.5. The molecule has 27 heavy (non-hydrogen) atoms. The van der Waals surface area contributed by atoms with Gasteiger partial charge in [0.25, 0.3) is 5.91 Å². The third-order valence-electron chi connectivity index (χ3n) is 3.45. The second kappa shape index (κ2) is 10.5. The SMILES string of the molecule is CCOc1ccccc1OCC(=O)Nc1cccc(CNC(=O)CC#N)c1. The molecule has 0 atom stereocenters. The molecule has 7 heteroatoms. The molecule has 0 radical (unpaired) electrons. The molecule has 0 heterocycles. The molecule has 0 aliphatic rings. The summed E-state index contributed by atoms with van der Waals surface area (Å²) in [6, 6.07) is 16.0. The maximum atomic E-state index is 12.1. The van der Waals surface area contributed by atoms with Crippen molar-refractivity contribution in [1.82, 2.24) is 5.32 Å². The first-order chi connectivity index (χ1) is 13.1. The molecule has 0 aliphatic carbocycles. The Morgan fingerprint density at radius 3 is 2.48 bits per heavy atom. The standard InChI is InChI=1S/C20H21N3O4/c1-2-26-17-8-3-4-9-18(17)27-14-20(25)23-16-7-5-6-15(12-16)13-22-19(24)10-11-21/h3-9,12H,2,10,13-14H2,1H3,(H,22,24)(H,23,25). The molecule has 0 fully saturated rings. The van der Waals surface area contributed by atoms with E-state index in [0.717, 1.165) is 5.56 Å². The summed E-state index contributed by atoms with van der Waals surface area (Å²) >= 11 is 0. The number of nitrogens with one attached hydrogen (secondary N) is 2. The number of para-hydroxylation sites is 2. The van der Waals surface area contributed by atoms with Crippen molar-refractivity contribution < 1.29 is 19.1 Å². The number of nitriles is 1. The Morgan fingerprint density at radius 2 is 1.78 bits per heavy atom. The number of benzene rings is 2. The molecule has 0 unspecified atom stereocenters. The minimum absolute atomic E-state index is 0.160. The highest BCUT2D eigenvalue weighted by Gasteiger charge is 2.08. The molecule has 0 bridgehead atoms. The summed E-state index contributed by atoms with van der Waals surface area (Å²) in [4.78, 5) is 23.5. The molecule has 2 rings (SSSR count). The zero-order chi connectivity index (χ0) is 19.5. The molecule has 2 aromatic carbocycles. The van der Waals surface area contributed by atoms with Gasteiger partial charge < -0.3 is 20.1 Å². The van der Waals surface area contributed by atoms with Crippen LogP contribution in [0, 0.1) is 11.3 Å². The molecule has 2 aromatic rings. The van der Waals surface area contributed by atoms with Crippen LogP contribution in [0.4, 0.5) is 5.69 Å². The van der Waals surface area contributed by atoms with E-state index in [1.54, 1.807) is 42.5 Å². The molecular weight excluding hydrogens is 346 g/mol. The van der Waals surface area contributed by atoms with Gasteiger partial charge in [-0.2, -0.15) is 5.26 Å². The summed E-state index contributed by atoms with van der Waals surface area (Å²) in [7, 11) is 0. The normalized spacial score (nSPS) is 9.78. The minimum Gasteiger partial charge on any atom is -0.490 e. The van der Waals surface area contributed by atoms with E-state index in [4.69, 9.17) is 14.7 Å². The average molecular weight is 367 g/mol.